The van der Waals surface area contributed by atoms with Crippen LogP contribution < -0.4 is 10.6 Å². The largest absolute Gasteiger partial charge is 0.392 e. The molecule has 1 fully saturated rings. The van der Waals surface area contributed by atoms with Gasteiger partial charge in [-0.1, -0.05) is 13.8 Å². The first-order valence-corrected chi connectivity index (χ1v) is 4.60. The zero-order valence-corrected chi connectivity index (χ0v) is 8.42. The fourth-order valence-corrected chi connectivity index (χ4v) is 1.55. The van der Waals surface area contributed by atoms with Crippen molar-refractivity contribution in [3.8, 4) is 0 Å². The minimum absolute atomic E-state index is 0.0165. The van der Waals surface area contributed by atoms with Crippen LogP contribution in [-0.4, -0.2) is 36.8 Å². The molecule has 0 bridgehead atoms. The van der Waals surface area contributed by atoms with Crippen molar-refractivity contribution in [2.24, 2.45) is 5.41 Å². The molecule has 3 N–H and O–H groups in total. The van der Waals surface area contributed by atoms with Crippen molar-refractivity contribution in [3.05, 3.63) is 0 Å². The number of carbonyl (C=O) groups is 1. The summed E-state index contributed by atoms with van der Waals surface area (Å²) in [6.07, 6.45) is 0.499. The number of nitrogens with one attached hydrogen (secondary N) is 2. The summed E-state index contributed by atoms with van der Waals surface area (Å²) in [5, 5.41) is 15.1. The highest BCUT2D eigenvalue weighted by molar-refractivity contribution is 5.77. The molecule has 0 saturated heterocycles. The van der Waals surface area contributed by atoms with E-state index in [9.17, 15) is 9.90 Å². The van der Waals surface area contributed by atoms with Crippen LogP contribution in [-0.2, 0) is 4.79 Å². The van der Waals surface area contributed by atoms with Crippen LogP contribution in [0.25, 0.3) is 0 Å². The van der Waals surface area contributed by atoms with Gasteiger partial charge in [-0.3, -0.25) is 4.79 Å². The van der Waals surface area contributed by atoms with Gasteiger partial charge in [0.15, 0.2) is 0 Å². The Hall–Kier alpha value is -0.610. The minimum atomic E-state index is -0.241. The summed E-state index contributed by atoms with van der Waals surface area (Å²) < 4.78 is 0. The van der Waals surface area contributed by atoms with Gasteiger partial charge in [0.2, 0.25) is 5.91 Å². The van der Waals surface area contributed by atoms with E-state index in [-0.39, 0.29) is 23.5 Å². The molecule has 0 aromatic rings. The number of rotatable bonds is 3. The van der Waals surface area contributed by atoms with Gasteiger partial charge in [-0.2, -0.15) is 0 Å². The van der Waals surface area contributed by atoms with E-state index in [0.717, 1.165) is 6.42 Å². The van der Waals surface area contributed by atoms with Gasteiger partial charge in [-0.25, -0.2) is 0 Å². The van der Waals surface area contributed by atoms with E-state index in [0.29, 0.717) is 6.54 Å². The topological polar surface area (TPSA) is 61.4 Å². The molecular weight excluding hydrogens is 168 g/mol. The van der Waals surface area contributed by atoms with Crippen molar-refractivity contribution in [1.82, 2.24) is 10.6 Å². The fraction of sp³-hybridized carbons (Fsp3) is 0.889. The maximum Gasteiger partial charge on any atom is 0.233 e. The molecule has 1 amide bonds. The first-order valence-electron chi connectivity index (χ1n) is 4.60. The van der Waals surface area contributed by atoms with Gasteiger partial charge < -0.3 is 15.7 Å². The van der Waals surface area contributed by atoms with Gasteiger partial charge in [0, 0.05) is 18.5 Å². The number of aliphatic hydroxyl groups is 1. The third-order valence-electron chi connectivity index (χ3n) is 3.00. The Kier molecular flexibility index (Phi) is 2.93. The average molecular weight is 186 g/mol. The lowest BCUT2D eigenvalue weighted by atomic mass is 9.64. The molecule has 4 heteroatoms. The number of carbonyl (C=O) groups excluding carboxylic acids is 1. The molecule has 4 nitrogen and oxygen atoms in total. The number of amides is 1. The summed E-state index contributed by atoms with van der Waals surface area (Å²) in [7, 11) is 1.62. The van der Waals surface area contributed by atoms with E-state index >= 15 is 0 Å². The standard InChI is InChI=1S/C9H18N2O2/c1-9(2)6(4-7(9)12)11-5-8(13)10-3/h6-7,11-12H,4-5H2,1-3H3,(H,10,13). The molecule has 1 aliphatic rings. The Bertz CT molecular complexity index is 204. The van der Waals surface area contributed by atoms with E-state index < -0.39 is 0 Å². The highest BCUT2D eigenvalue weighted by Gasteiger charge is 2.46. The summed E-state index contributed by atoms with van der Waals surface area (Å²) >= 11 is 0. The molecule has 2 atom stereocenters. The SMILES string of the molecule is CNC(=O)CNC1CC(O)C1(C)C. The Labute approximate surface area is 78.7 Å². The van der Waals surface area contributed by atoms with Gasteiger partial charge in [-0.05, 0) is 6.42 Å². The molecule has 0 spiro atoms. The molecule has 0 aromatic carbocycles. The molecular formula is C9H18N2O2. The van der Waals surface area contributed by atoms with Gasteiger partial charge >= 0.3 is 0 Å². The summed E-state index contributed by atoms with van der Waals surface area (Å²) in [4.78, 5) is 10.9. The average Bonchev–Trinajstić information content (AvgIpc) is 2.11. The molecule has 76 valence electrons. The maximum atomic E-state index is 10.9. The minimum Gasteiger partial charge on any atom is -0.392 e. The van der Waals surface area contributed by atoms with E-state index in [1.165, 1.54) is 0 Å². The van der Waals surface area contributed by atoms with Crippen LogP contribution in [0.5, 0.6) is 0 Å². The quantitative estimate of drug-likeness (QED) is 0.556. The van der Waals surface area contributed by atoms with Gasteiger partial charge in [0.1, 0.15) is 0 Å². The highest BCUT2D eigenvalue weighted by atomic mass is 16.3. The van der Waals surface area contributed by atoms with Crippen molar-refractivity contribution in [2.45, 2.75) is 32.4 Å². The van der Waals surface area contributed by atoms with Gasteiger partial charge in [0.25, 0.3) is 0 Å². The van der Waals surface area contributed by atoms with Crippen LogP contribution in [0.4, 0.5) is 0 Å². The molecule has 2 unspecified atom stereocenters. The Morgan fingerprint density at radius 3 is 2.62 bits per heavy atom. The second kappa shape index (κ2) is 3.64. The highest BCUT2D eigenvalue weighted by Crippen LogP contribution is 2.40. The first kappa shape index (κ1) is 10.5. The van der Waals surface area contributed by atoms with Crippen molar-refractivity contribution < 1.29 is 9.90 Å². The van der Waals surface area contributed by atoms with E-state index in [1.807, 2.05) is 13.8 Å². The van der Waals surface area contributed by atoms with E-state index in [2.05, 4.69) is 10.6 Å². The zero-order chi connectivity index (χ0) is 10.1. The Balaban J connectivity index is 2.29. The molecule has 1 aliphatic carbocycles. The monoisotopic (exact) mass is 186 g/mol. The third kappa shape index (κ3) is 2.00. The normalized spacial score (nSPS) is 30.8. The lowest BCUT2D eigenvalue weighted by Crippen LogP contribution is -2.61. The zero-order valence-electron chi connectivity index (χ0n) is 8.42. The lowest BCUT2D eigenvalue weighted by Gasteiger charge is -2.49. The molecule has 0 radical (unpaired) electrons. The second-order valence-electron chi connectivity index (χ2n) is 4.18. The van der Waals surface area contributed by atoms with Gasteiger partial charge in [-0.15, -0.1) is 0 Å². The predicted molar refractivity (Wildman–Crippen MR) is 50.3 cm³/mol. The van der Waals surface area contributed by atoms with Crippen molar-refractivity contribution >= 4 is 5.91 Å². The smallest absolute Gasteiger partial charge is 0.233 e. The Morgan fingerprint density at radius 2 is 2.23 bits per heavy atom. The molecule has 1 saturated carbocycles. The number of aliphatic hydroxyl groups excluding tert-OH is 1. The molecule has 13 heavy (non-hydrogen) atoms. The number of hydrogen-bond donors (Lipinski definition) is 3. The van der Waals surface area contributed by atoms with Crippen LogP contribution >= 0.6 is 0 Å². The van der Waals surface area contributed by atoms with Crippen LogP contribution in [0.3, 0.4) is 0 Å². The van der Waals surface area contributed by atoms with Crippen molar-refractivity contribution in [3.63, 3.8) is 0 Å². The molecule has 0 aliphatic heterocycles. The summed E-state index contributed by atoms with van der Waals surface area (Å²) in [5.41, 5.74) is -0.103. The summed E-state index contributed by atoms with van der Waals surface area (Å²) in [5.74, 6) is -0.0165. The molecule has 0 aromatic heterocycles. The van der Waals surface area contributed by atoms with E-state index in [4.69, 9.17) is 0 Å². The van der Waals surface area contributed by atoms with Crippen LogP contribution in [0.2, 0.25) is 0 Å². The predicted octanol–water partition coefficient (Wildman–Crippen LogP) is -0.519. The number of hydrogen-bond acceptors (Lipinski definition) is 3. The van der Waals surface area contributed by atoms with Gasteiger partial charge in [0.05, 0.1) is 12.6 Å². The Morgan fingerprint density at radius 1 is 1.62 bits per heavy atom. The van der Waals surface area contributed by atoms with Crippen LogP contribution in [0.15, 0.2) is 0 Å². The third-order valence-corrected chi connectivity index (χ3v) is 3.00. The number of likely N-dealkylation sites (N-methyl/N-ethyl adjacent to an activating group) is 1. The fourth-order valence-electron chi connectivity index (χ4n) is 1.55. The van der Waals surface area contributed by atoms with E-state index in [1.54, 1.807) is 7.05 Å². The summed E-state index contributed by atoms with van der Waals surface area (Å²) in [6.45, 7) is 4.34. The van der Waals surface area contributed by atoms with Crippen molar-refractivity contribution in [2.75, 3.05) is 13.6 Å². The maximum absolute atomic E-state index is 10.9. The van der Waals surface area contributed by atoms with Crippen LogP contribution in [0, 0.1) is 5.41 Å². The second-order valence-corrected chi connectivity index (χ2v) is 4.18. The molecule has 1 rings (SSSR count). The lowest BCUT2D eigenvalue weighted by molar-refractivity contribution is -0.121. The summed E-state index contributed by atoms with van der Waals surface area (Å²) in [6, 6.07) is 0.250. The first-order chi connectivity index (χ1) is 5.98. The molecule has 0 heterocycles. The van der Waals surface area contributed by atoms with Crippen LogP contribution in [0.1, 0.15) is 20.3 Å². The van der Waals surface area contributed by atoms with Crippen molar-refractivity contribution in [1.29, 1.82) is 0 Å².